The predicted molar refractivity (Wildman–Crippen MR) is 109 cm³/mol. The van der Waals surface area contributed by atoms with Gasteiger partial charge in [0.1, 0.15) is 17.9 Å². The number of amides is 2. The van der Waals surface area contributed by atoms with E-state index >= 15 is 0 Å². The monoisotopic (exact) mass is 442 g/mol. The van der Waals surface area contributed by atoms with Gasteiger partial charge in [0.25, 0.3) is 5.91 Å². The molecule has 144 valence electrons. The molecule has 2 aromatic heterocycles. The first-order valence-electron chi connectivity index (χ1n) is 8.90. The van der Waals surface area contributed by atoms with Crippen LogP contribution in [0.4, 0.5) is 10.5 Å². The first kappa shape index (κ1) is 18.5. The van der Waals surface area contributed by atoms with Crippen LogP contribution in [-0.2, 0) is 11.8 Å². The third-order valence-electron chi connectivity index (χ3n) is 4.86. The zero-order valence-corrected chi connectivity index (χ0v) is 17.1. The molecule has 1 aromatic carbocycles. The number of ether oxygens (including phenoxy) is 1. The molecule has 0 saturated carbocycles. The van der Waals surface area contributed by atoms with Gasteiger partial charge in [-0.25, -0.2) is 9.78 Å². The number of halogens is 1. The second-order valence-electron chi connectivity index (χ2n) is 6.71. The number of rotatable bonds is 4. The zero-order valence-electron chi connectivity index (χ0n) is 15.5. The first-order chi connectivity index (χ1) is 13.4. The standard InChI is InChI=1S/C20H19BrN4O3/c1-12(13-4-3-5-16(9-13)25-6-7-28-20(25)27)23-19(26)17-10-14-8-15(21)11-22-18(14)24(17)2/h3-5,8-12H,6-7H2,1-2H3,(H,23,26). The molecule has 3 heterocycles. The molecule has 1 unspecified atom stereocenters. The third-order valence-corrected chi connectivity index (χ3v) is 5.29. The van der Waals surface area contributed by atoms with Crippen LogP contribution >= 0.6 is 15.9 Å². The minimum absolute atomic E-state index is 0.185. The van der Waals surface area contributed by atoms with Crippen molar-refractivity contribution in [2.24, 2.45) is 7.05 Å². The van der Waals surface area contributed by atoms with Crippen molar-refractivity contribution in [3.8, 4) is 0 Å². The van der Waals surface area contributed by atoms with E-state index < -0.39 is 0 Å². The summed E-state index contributed by atoms with van der Waals surface area (Å²) in [5, 5.41) is 3.92. The van der Waals surface area contributed by atoms with Crippen LogP contribution in [0.15, 0.2) is 47.1 Å². The van der Waals surface area contributed by atoms with E-state index in [0.717, 1.165) is 26.8 Å². The van der Waals surface area contributed by atoms with E-state index in [1.807, 2.05) is 50.4 Å². The summed E-state index contributed by atoms with van der Waals surface area (Å²) in [6, 6.07) is 11.1. The van der Waals surface area contributed by atoms with E-state index in [2.05, 4.69) is 26.2 Å². The number of aromatic nitrogens is 2. The van der Waals surface area contributed by atoms with E-state index in [0.29, 0.717) is 18.8 Å². The Balaban J connectivity index is 1.55. The van der Waals surface area contributed by atoms with Crippen molar-refractivity contribution in [1.82, 2.24) is 14.9 Å². The zero-order chi connectivity index (χ0) is 19.8. The first-order valence-corrected chi connectivity index (χ1v) is 9.69. The van der Waals surface area contributed by atoms with Crippen LogP contribution in [0.3, 0.4) is 0 Å². The van der Waals surface area contributed by atoms with E-state index in [4.69, 9.17) is 4.74 Å². The summed E-state index contributed by atoms with van der Waals surface area (Å²) in [4.78, 5) is 30.6. The van der Waals surface area contributed by atoms with E-state index in [1.54, 1.807) is 15.7 Å². The van der Waals surface area contributed by atoms with E-state index in [-0.39, 0.29) is 18.0 Å². The Labute approximate surface area is 170 Å². The van der Waals surface area contributed by atoms with Crippen molar-refractivity contribution in [2.45, 2.75) is 13.0 Å². The molecule has 0 bridgehead atoms. The van der Waals surface area contributed by atoms with Gasteiger partial charge in [-0.1, -0.05) is 12.1 Å². The molecule has 28 heavy (non-hydrogen) atoms. The van der Waals surface area contributed by atoms with Crippen molar-refractivity contribution in [3.63, 3.8) is 0 Å². The highest BCUT2D eigenvalue weighted by Gasteiger charge is 2.24. The van der Waals surface area contributed by atoms with Gasteiger partial charge in [0, 0.05) is 28.8 Å². The summed E-state index contributed by atoms with van der Waals surface area (Å²) in [6.07, 6.45) is 1.37. The molecule has 7 nitrogen and oxygen atoms in total. The largest absolute Gasteiger partial charge is 0.447 e. The lowest BCUT2D eigenvalue weighted by molar-refractivity contribution is 0.0932. The van der Waals surface area contributed by atoms with Gasteiger partial charge in [0.2, 0.25) is 0 Å². The fourth-order valence-electron chi connectivity index (χ4n) is 3.35. The summed E-state index contributed by atoms with van der Waals surface area (Å²) in [5.41, 5.74) is 2.95. The molecule has 1 aliphatic heterocycles. The third kappa shape index (κ3) is 3.35. The molecule has 0 radical (unpaired) electrons. The number of pyridine rings is 1. The molecule has 2 amide bonds. The van der Waals surface area contributed by atoms with Gasteiger partial charge < -0.3 is 14.6 Å². The smallest absolute Gasteiger partial charge is 0.414 e. The van der Waals surface area contributed by atoms with Gasteiger partial charge in [-0.3, -0.25) is 9.69 Å². The Hall–Kier alpha value is -2.87. The number of benzene rings is 1. The summed E-state index contributed by atoms with van der Waals surface area (Å²) >= 11 is 3.40. The normalized spacial score (nSPS) is 15.0. The number of nitrogens with one attached hydrogen (secondary N) is 1. The minimum atomic E-state index is -0.344. The molecule has 1 saturated heterocycles. The Morgan fingerprint density at radius 2 is 2.14 bits per heavy atom. The number of carbonyl (C=O) groups excluding carboxylic acids is 2. The summed E-state index contributed by atoms with van der Waals surface area (Å²) in [6.45, 7) is 2.83. The van der Waals surface area contributed by atoms with Crippen LogP contribution in [0.2, 0.25) is 0 Å². The quantitative estimate of drug-likeness (QED) is 0.666. The molecule has 0 aliphatic carbocycles. The number of aryl methyl sites for hydroxylation is 1. The van der Waals surface area contributed by atoms with Gasteiger partial charge in [0.05, 0.1) is 12.6 Å². The predicted octanol–water partition coefficient (Wildman–Crippen LogP) is 3.78. The number of hydrogen-bond acceptors (Lipinski definition) is 4. The van der Waals surface area contributed by atoms with Crippen molar-refractivity contribution < 1.29 is 14.3 Å². The Morgan fingerprint density at radius 1 is 1.32 bits per heavy atom. The second kappa shape index (κ2) is 7.27. The van der Waals surface area contributed by atoms with Crippen molar-refractivity contribution >= 4 is 44.7 Å². The Morgan fingerprint density at radius 3 is 2.89 bits per heavy atom. The fraction of sp³-hybridized carbons (Fsp3) is 0.250. The number of cyclic esters (lactones) is 1. The molecule has 0 spiro atoms. The molecule has 1 aliphatic rings. The minimum Gasteiger partial charge on any atom is -0.447 e. The maximum atomic E-state index is 12.8. The average Bonchev–Trinajstić information content (AvgIpc) is 3.25. The summed E-state index contributed by atoms with van der Waals surface area (Å²) in [5.74, 6) is -0.185. The number of fused-ring (bicyclic) bond motifs is 1. The molecule has 1 fully saturated rings. The fourth-order valence-corrected chi connectivity index (χ4v) is 3.70. The second-order valence-corrected chi connectivity index (χ2v) is 7.63. The summed E-state index contributed by atoms with van der Waals surface area (Å²) in [7, 11) is 1.82. The van der Waals surface area contributed by atoms with Crippen LogP contribution < -0.4 is 10.2 Å². The van der Waals surface area contributed by atoms with Crippen molar-refractivity contribution in [2.75, 3.05) is 18.1 Å². The lowest BCUT2D eigenvalue weighted by Gasteiger charge is -2.18. The molecule has 1 atom stereocenters. The molecular formula is C20H19BrN4O3. The molecule has 3 aromatic rings. The molecule has 4 rings (SSSR count). The maximum Gasteiger partial charge on any atom is 0.414 e. The number of carbonyl (C=O) groups is 2. The average molecular weight is 443 g/mol. The van der Waals surface area contributed by atoms with Gasteiger partial charge >= 0.3 is 6.09 Å². The van der Waals surface area contributed by atoms with Gasteiger partial charge in [-0.2, -0.15) is 0 Å². The maximum absolute atomic E-state index is 12.8. The lowest BCUT2D eigenvalue weighted by atomic mass is 10.1. The Bertz CT molecular complexity index is 1080. The number of anilines is 1. The molecular weight excluding hydrogens is 424 g/mol. The van der Waals surface area contributed by atoms with Crippen LogP contribution in [-0.4, -0.2) is 34.7 Å². The van der Waals surface area contributed by atoms with Crippen LogP contribution in [0.25, 0.3) is 11.0 Å². The topological polar surface area (TPSA) is 76.5 Å². The number of hydrogen-bond donors (Lipinski definition) is 1. The highest BCUT2D eigenvalue weighted by atomic mass is 79.9. The summed E-state index contributed by atoms with van der Waals surface area (Å²) < 4.78 is 7.64. The van der Waals surface area contributed by atoms with Gasteiger partial charge in [0.15, 0.2) is 0 Å². The molecule has 8 heteroatoms. The van der Waals surface area contributed by atoms with Crippen molar-refractivity contribution in [3.05, 3.63) is 58.3 Å². The number of nitrogens with zero attached hydrogens (tertiary/aromatic N) is 3. The molecule has 1 N–H and O–H groups in total. The van der Waals surface area contributed by atoms with Crippen molar-refractivity contribution in [1.29, 1.82) is 0 Å². The SMILES string of the molecule is CC(NC(=O)c1cc2cc(Br)cnc2n1C)c1cccc(N2CCOC2=O)c1. The highest BCUT2D eigenvalue weighted by molar-refractivity contribution is 9.10. The van der Waals surface area contributed by atoms with Crippen LogP contribution in [0.1, 0.15) is 29.0 Å². The van der Waals surface area contributed by atoms with Gasteiger partial charge in [-0.05, 0) is 52.7 Å². The van der Waals surface area contributed by atoms with E-state index in [1.165, 1.54) is 0 Å². The lowest BCUT2D eigenvalue weighted by Crippen LogP contribution is -2.28. The van der Waals surface area contributed by atoms with E-state index in [9.17, 15) is 9.59 Å². The Kier molecular flexibility index (Phi) is 4.80. The van der Waals surface area contributed by atoms with Crippen LogP contribution in [0, 0.1) is 0 Å². The van der Waals surface area contributed by atoms with Gasteiger partial charge in [-0.15, -0.1) is 0 Å². The highest BCUT2D eigenvalue weighted by Crippen LogP contribution is 2.24. The van der Waals surface area contributed by atoms with Crippen LogP contribution in [0.5, 0.6) is 0 Å².